The molecule has 0 spiro atoms. The molecule has 0 N–H and O–H groups in total. The fourth-order valence-corrected chi connectivity index (χ4v) is 7.49. The van der Waals surface area contributed by atoms with Crippen LogP contribution in [0.1, 0.15) is 5.56 Å². The molecule has 0 heterocycles. The van der Waals surface area contributed by atoms with Crippen LogP contribution in [0.15, 0.2) is 212 Å². The second-order valence-electron chi connectivity index (χ2n) is 13.7. The minimum Gasteiger partial charge on any atom is -0.192 e. The second-order valence-corrected chi connectivity index (χ2v) is 13.7. The highest BCUT2D eigenvalue weighted by molar-refractivity contribution is 6.05. The van der Waals surface area contributed by atoms with Gasteiger partial charge in [-0.1, -0.05) is 176 Å². The van der Waals surface area contributed by atoms with Crippen molar-refractivity contribution in [2.45, 2.75) is 0 Å². The monoisotopic (exact) mass is 685 g/mol. The van der Waals surface area contributed by atoms with Crippen molar-refractivity contribution >= 4 is 10.8 Å². The lowest BCUT2D eigenvalue weighted by Crippen LogP contribution is -1.89. The van der Waals surface area contributed by atoms with Crippen LogP contribution in [0.3, 0.4) is 0 Å². The summed E-state index contributed by atoms with van der Waals surface area (Å²) in [4.78, 5) is 0. The number of benzene rings is 9. The van der Waals surface area contributed by atoms with E-state index in [1.165, 1.54) is 72.0 Å². The average Bonchev–Trinajstić information content (AvgIpc) is 3.26. The first-order valence-electron chi connectivity index (χ1n) is 18.3. The van der Waals surface area contributed by atoms with E-state index >= 15 is 0 Å². The molecule has 0 aliphatic heterocycles. The third-order valence-electron chi connectivity index (χ3n) is 10.3. The quantitative estimate of drug-likeness (QED) is 0.164. The van der Waals surface area contributed by atoms with Gasteiger partial charge in [-0.15, -0.1) is 0 Å². The second kappa shape index (κ2) is 14.4. The summed E-state index contributed by atoms with van der Waals surface area (Å²) in [7, 11) is 0. The first-order valence-corrected chi connectivity index (χ1v) is 18.3. The van der Waals surface area contributed by atoms with Crippen molar-refractivity contribution in [3.05, 3.63) is 218 Å². The third kappa shape index (κ3) is 6.50. The van der Waals surface area contributed by atoms with E-state index in [1.807, 2.05) is 24.3 Å². The molecule has 0 amide bonds. The number of rotatable bonds is 7. The Morgan fingerprint density at radius 3 is 1.06 bits per heavy atom. The maximum Gasteiger partial charge on any atom is 0.0991 e. The Hall–Kier alpha value is -7.27. The highest BCUT2D eigenvalue weighted by Gasteiger charge is 2.13. The summed E-state index contributed by atoms with van der Waals surface area (Å²) >= 11 is 0. The molecule has 0 fully saturated rings. The Kier molecular flexibility index (Phi) is 8.70. The molecule has 252 valence electrons. The largest absolute Gasteiger partial charge is 0.192 e. The fourth-order valence-electron chi connectivity index (χ4n) is 7.49. The lowest BCUT2D eigenvalue weighted by atomic mass is 9.89. The predicted molar refractivity (Wildman–Crippen MR) is 227 cm³/mol. The molecule has 0 aliphatic carbocycles. The Morgan fingerprint density at radius 1 is 0.241 bits per heavy atom. The van der Waals surface area contributed by atoms with Crippen molar-refractivity contribution in [3.8, 4) is 84.0 Å². The predicted octanol–water partition coefficient (Wildman–Crippen LogP) is 14.4. The lowest BCUT2D eigenvalue weighted by molar-refractivity contribution is 1.48. The van der Waals surface area contributed by atoms with Crippen LogP contribution in [0.5, 0.6) is 0 Å². The molecule has 0 radical (unpaired) electrons. The van der Waals surface area contributed by atoms with Crippen molar-refractivity contribution in [1.29, 1.82) is 5.26 Å². The number of nitrogens with zero attached hydrogens (tertiary/aromatic N) is 1. The first-order chi connectivity index (χ1) is 26.7. The summed E-state index contributed by atoms with van der Waals surface area (Å²) in [6.07, 6.45) is 0. The zero-order valence-electron chi connectivity index (χ0n) is 29.7. The van der Waals surface area contributed by atoms with Crippen LogP contribution in [0.25, 0.3) is 88.7 Å². The van der Waals surface area contributed by atoms with Crippen molar-refractivity contribution in [2.24, 2.45) is 0 Å². The normalized spacial score (nSPS) is 10.9. The van der Waals surface area contributed by atoms with E-state index in [4.69, 9.17) is 0 Å². The van der Waals surface area contributed by atoms with E-state index in [-0.39, 0.29) is 0 Å². The van der Waals surface area contributed by atoms with E-state index in [9.17, 15) is 5.26 Å². The standard InChI is InChI=1S/C53H35N/c54-36-37-18-20-44(21-19-37)50-30-31-51(53-17-8-7-16-52(50)53)46-15-9-14-45(32-46)49-34-47(42-26-22-40(23-27-42)38-10-3-1-4-11-38)33-48(35-49)43-28-24-41(25-29-43)39-12-5-2-6-13-39/h1-35H. The number of fused-ring (bicyclic) bond motifs is 1. The summed E-state index contributed by atoms with van der Waals surface area (Å²) < 4.78 is 0. The maximum atomic E-state index is 9.33. The SMILES string of the molecule is N#Cc1ccc(-c2ccc(-c3cccc(-c4cc(-c5ccc(-c6ccccc6)cc5)cc(-c5ccc(-c6ccccc6)cc5)c4)c3)c3ccccc23)cc1. The van der Waals surface area contributed by atoms with Gasteiger partial charge in [0, 0.05) is 0 Å². The van der Waals surface area contributed by atoms with Crippen LogP contribution in [-0.4, -0.2) is 0 Å². The van der Waals surface area contributed by atoms with Crippen LogP contribution < -0.4 is 0 Å². The molecule has 0 aromatic heterocycles. The fraction of sp³-hybridized carbons (Fsp3) is 0. The zero-order valence-corrected chi connectivity index (χ0v) is 29.7. The molecule has 0 saturated heterocycles. The van der Waals surface area contributed by atoms with Gasteiger partial charge in [-0.05, 0) is 125 Å². The van der Waals surface area contributed by atoms with Gasteiger partial charge in [-0.25, -0.2) is 0 Å². The molecule has 1 nitrogen and oxygen atoms in total. The van der Waals surface area contributed by atoms with Gasteiger partial charge in [0.05, 0.1) is 11.6 Å². The van der Waals surface area contributed by atoms with Crippen molar-refractivity contribution in [2.75, 3.05) is 0 Å². The maximum absolute atomic E-state index is 9.33. The number of hydrogen-bond acceptors (Lipinski definition) is 1. The molecule has 0 unspecified atom stereocenters. The Bertz CT molecular complexity index is 2670. The molecular formula is C53H35N. The molecule has 1 heteroatoms. The molecule has 9 rings (SSSR count). The van der Waals surface area contributed by atoms with Gasteiger partial charge in [0.25, 0.3) is 0 Å². The van der Waals surface area contributed by atoms with Gasteiger partial charge < -0.3 is 0 Å². The van der Waals surface area contributed by atoms with E-state index in [0.29, 0.717) is 5.56 Å². The Labute approximate surface area is 316 Å². The smallest absolute Gasteiger partial charge is 0.0991 e. The lowest BCUT2D eigenvalue weighted by Gasteiger charge is -2.15. The zero-order chi connectivity index (χ0) is 36.3. The Balaban J connectivity index is 1.14. The van der Waals surface area contributed by atoms with E-state index in [1.54, 1.807) is 0 Å². The van der Waals surface area contributed by atoms with Crippen LogP contribution >= 0.6 is 0 Å². The van der Waals surface area contributed by atoms with E-state index in [2.05, 4.69) is 194 Å². The minimum absolute atomic E-state index is 0.664. The van der Waals surface area contributed by atoms with Crippen molar-refractivity contribution < 1.29 is 0 Å². The molecular weight excluding hydrogens is 651 g/mol. The topological polar surface area (TPSA) is 23.8 Å². The molecule has 9 aromatic carbocycles. The molecule has 0 atom stereocenters. The van der Waals surface area contributed by atoms with Crippen LogP contribution in [0.2, 0.25) is 0 Å². The molecule has 9 aromatic rings. The highest BCUT2D eigenvalue weighted by Crippen LogP contribution is 2.39. The van der Waals surface area contributed by atoms with Gasteiger partial charge >= 0.3 is 0 Å². The van der Waals surface area contributed by atoms with E-state index < -0.39 is 0 Å². The van der Waals surface area contributed by atoms with Crippen LogP contribution in [0, 0.1) is 11.3 Å². The Morgan fingerprint density at radius 2 is 0.574 bits per heavy atom. The summed E-state index contributed by atoms with van der Waals surface area (Å²) in [6.45, 7) is 0. The van der Waals surface area contributed by atoms with E-state index in [0.717, 1.165) is 16.7 Å². The summed E-state index contributed by atoms with van der Waals surface area (Å²) in [5.41, 5.74) is 17.2. The summed E-state index contributed by atoms with van der Waals surface area (Å²) in [5, 5.41) is 11.7. The van der Waals surface area contributed by atoms with Crippen LogP contribution in [-0.2, 0) is 0 Å². The summed E-state index contributed by atoms with van der Waals surface area (Å²) in [5.74, 6) is 0. The third-order valence-corrected chi connectivity index (χ3v) is 10.3. The highest BCUT2D eigenvalue weighted by atomic mass is 14.2. The van der Waals surface area contributed by atoms with Crippen molar-refractivity contribution in [1.82, 2.24) is 0 Å². The van der Waals surface area contributed by atoms with Gasteiger partial charge in [-0.3, -0.25) is 0 Å². The molecule has 0 saturated carbocycles. The molecule has 0 bridgehead atoms. The summed E-state index contributed by atoms with van der Waals surface area (Å²) in [6, 6.07) is 77.9. The first kappa shape index (κ1) is 32.6. The van der Waals surface area contributed by atoms with Gasteiger partial charge in [-0.2, -0.15) is 5.26 Å². The molecule has 54 heavy (non-hydrogen) atoms. The number of hydrogen-bond donors (Lipinski definition) is 0. The van der Waals surface area contributed by atoms with Crippen LogP contribution in [0.4, 0.5) is 0 Å². The average molecular weight is 686 g/mol. The van der Waals surface area contributed by atoms with Gasteiger partial charge in [0.15, 0.2) is 0 Å². The number of nitriles is 1. The minimum atomic E-state index is 0.664. The van der Waals surface area contributed by atoms with Gasteiger partial charge in [0.1, 0.15) is 0 Å². The van der Waals surface area contributed by atoms with Crippen molar-refractivity contribution in [3.63, 3.8) is 0 Å². The van der Waals surface area contributed by atoms with Gasteiger partial charge in [0.2, 0.25) is 0 Å². The molecule has 0 aliphatic rings.